The fourth-order valence-corrected chi connectivity index (χ4v) is 2.28. The Bertz CT molecular complexity index is 457. The third-order valence-electron chi connectivity index (χ3n) is 3.96. The van der Waals surface area contributed by atoms with E-state index in [0.717, 1.165) is 5.69 Å². The van der Waals surface area contributed by atoms with Gasteiger partial charge in [0.25, 0.3) is 5.91 Å². The molecule has 98 valence electrons. The second-order valence-electron chi connectivity index (χ2n) is 5.39. The second-order valence-corrected chi connectivity index (χ2v) is 5.39. The Morgan fingerprint density at radius 1 is 1.39 bits per heavy atom. The molecule has 4 heteroatoms. The highest BCUT2D eigenvalue weighted by Crippen LogP contribution is 2.40. The van der Waals surface area contributed by atoms with Gasteiger partial charge in [-0.25, -0.2) is 0 Å². The minimum absolute atomic E-state index is 0.0323. The van der Waals surface area contributed by atoms with Crippen molar-refractivity contribution in [2.45, 2.75) is 32.4 Å². The number of hydrogen-bond acceptors (Lipinski definition) is 3. The first-order chi connectivity index (χ1) is 8.46. The third-order valence-corrected chi connectivity index (χ3v) is 3.96. The van der Waals surface area contributed by atoms with Crippen LogP contribution >= 0.6 is 0 Å². The Balaban J connectivity index is 2.09. The summed E-state index contributed by atoms with van der Waals surface area (Å²) in [6, 6.07) is 7.43. The molecule has 4 nitrogen and oxygen atoms in total. The van der Waals surface area contributed by atoms with E-state index in [1.807, 2.05) is 32.0 Å². The fraction of sp³-hybridized carbons (Fsp3) is 0.500. The molecule has 2 atom stereocenters. The van der Waals surface area contributed by atoms with E-state index < -0.39 is 0 Å². The maximum Gasteiger partial charge on any atom is 0.253 e. The van der Waals surface area contributed by atoms with E-state index in [0.29, 0.717) is 12.0 Å². The summed E-state index contributed by atoms with van der Waals surface area (Å²) < 4.78 is 0. The first-order valence-electron chi connectivity index (χ1n) is 6.22. The van der Waals surface area contributed by atoms with Crippen molar-refractivity contribution < 1.29 is 9.90 Å². The van der Waals surface area contributed by atoms with Crippen molar-refractivity contribution >= 4 is 11.6 Å². The van der Waals surface area contributed by atoms with Gasteiger partial charge in [-0.05, 0) is 18.6 Å². The van der Waals surface area contributed by atoms with Gasteiger partial charge >= 0.3 is 0 Å². The molecule has 0 radical (unpaired) electrons. The number of para-hydroxylation sites is 1. The molecule has 1 aromatic carbocycles. The quantitative estimate of drug-likeness (QED) is 0.761. The van der Waals surface area contributed by atoms with Crippen molar-refractivity contribution in [2.75, 3.05) is 12.4 Å². The van der Waals surface area contributed by atoms with Gasteiger partial charge in [-0.2, -0.15) is 0 Å². The monoisotopic (exact) mass is 248 g/mol. The van der Waals surface area contributed by atoms with Gasteiger partial charge in [-0.3, -0.25) is 4.79 Å². The lowest BCUT2D eigenvalue weighted by molar-refractivity contribution is -0.0689. The number of nitrogens with one attached hydrogen (secondary N) is 2. The van der Waals surface area contributed by atoms with Crippen LogP contribution in [-0.2, 0) is 0 Å². The van der Waals surface area contributed by atoms with Crippen LogP contribution in [0.15, 0.2) is 24.3 Å². The Morgan fingerprint density at radius 2 is 2.06 bits per heavy atom. The lowest BCUT2D eigenvalue weighted by Gasteiger charge is -2.49. The van der Waals surface area contributed by atoms with Gasteiger partial charge in [0.05, 0.1) is 11.7 Å². The summed E-state index contributed by atoms with van der Waals surface area (Å²) >= 11 is 0. The number of carbonyl (C=O) groups excluding carboxylic acids is 1. The lowest BCUT2D eigenvalue weighted by atomic mass is 9.64. The molecule has 1 saturated carbocycles. The highest BCUT2D eigenvalue weighted by atomic mass is 16.3. The Hall–Kier alpha value is -1.55. The van der Waals surface area contributed by atoms with Crippen LogP contribution in [0.1, 0.15) is 30.6 Å². The largest absolute Gasteiger partial charge is 0.392 e. The molecular formula is C14H20N2O2. The first kappa shape index (κ1) is 12.9. The van der Waals surface area contributed by atoms with Gasteiger partial charge in [0, 0.05) is 24.2 Å². The van der Waals surface area contributed by atoms with E-state index >= 15 is 0 Å². The molecule has 18 heavy (non-hydrogen) atoms. The topological polar surface area (TPSA) is 61.4 Å². The zero-order valence-corrected chi connectivity index (χ0v) is 11.0. The first-order valence-corrected chi connectivity index (χ1v) is 6.22. The normalized spacial score (nSPS) is 25.1. The van der Waals surface area contributed by atoms with Crippen LogP contribution in [0.2, 0.25) is 0 Å². The van der Waals surface area contributed by atoms with Crippen LogP contribution in [0.5, 0.6) is 0 Å². The lowest BCUT2D eigenvalue weighted by Crippen LogP contribution is -2.61. The molecule has 0 bridgehead atoms. The number of aliphatic hydroxyl groups excluding tert-OH is 1. The highest BCUT2D eigenvalue weighted by Gasteiger charge is 2.48. The van der Waals surface area contributed by atoms with Crippen LogP contribution < -0.4 is 10.6 Å². The molecule has 0 saturated heterocycles. The third kappa shape index (κ3) is 2.08. The summed E-state index contributed by atoms with van der Waals surface area (Å²) in [6.45, 7) is 3.94. The molecule has 0 aromatic heterocycles. The van der Waals surface area contributed by atoms with Crippen molar-refractivity contribution in [3.63, 3.8) is 0 Å². The number of benzene rings is 1. The molecule has 1 aliphatic carbocycles. The smallest absolute Gasteiger partial charge is 0.253 e. The summed E-state index contributed by atoms with van der Waals surface area (Å²) in [5.41, 5.74) is 1.20. The number of anilines is 1. The van der Waals surface area contributed by atoms with Gasteiger partial charge in [-0.1, -0.05) is 26.0 Å². The average molecular weight is 248 g/mol. The van der Waals surface area contributed by atoms with Gasteiger partial charge in [-0.15, -0.1) is 0 Å². The van der Waals surface area contributed by atoms with Gasteiger partial charge in [0.1, 0.15) is 0 Å². The Labute approximate surface area is 107 Å². The number of rotatable bonds is 3. The number of aliphatic hydroxyl groups is 1. The molecule has 2 unspecified atom stereocenters. The zero-order valence-electron chi connectivity index (χ0n) is 11.0. The minimum Gasteiger partial charge on any atom is -0.392 e. The molecule has 0 heterocycles. The predicted octanol–water partition coefficient (Wildman–Crippen LogP) is 1.62. The molecule has 2 rings (SSSR count). The van der Waals surface area contributed by atoms with Crippen molar-refractivity contribution in [1.82, 2.24) is 5.32 Å². The van der Waals surface area contributed by atoms with Crippen molar-refractivity contribution in [3.05, 3.63) is 29.8 Å². The molecule has 1 aliphatic rings. The van der Waals surface area contributed by atoms with E-state index in [2.05, 4.69) is 10.6 Å². The maximum absolute atomic E-state index is 12.2. The number of carbonyl (C=O) groups is 1. The van der Waals surface area contributed by atoms with E-state index in [1.165, 1.54) is 0 Å². The number of hydrogen-bond donors (Lipinski definition) is 3. The standard InChI is InChI=1S/C14H20N2O2/c1-14(2)11(8-12(14)17)16-13(18)9-6-4-5-7-10(9)15-3/h4-7,11-12,15,17H,8H2,1-3H3,(H,16,18). The van der Waals surface area contributed by atoms with E-state index in [9.17, 15) is 9.90 Å². The van der Waals surface area contributed by atoms with E-state index in [-0.39, 0.29) is 23.5 Å². The molecule has 0 aliphatic heterocycles. The highest BCUT2D eigenvalue weighted by molar-refractivity contribution is 5.99. The molecule has 3 N–H and O–H groups in total. The van der Waals surface area contributed by atoms with E-state index in [1.54, 1.807) is 13.1 Å². The summed E-state index contributed by atoms with van der Waals surface area (Å²) in [5, 5.41) is 15.7. The summed E-state index contributed by atoms with van der Waals surface area (Å²) in [5.74, 6) is -0.0927. The van der Waals surface area contributed by atoms with Crippen LogP contribution in [0.25, 0.3) is 0 Å². The maximum atomic E-state index is 12.2. The molecular weight excluding hydrogens is 228 g/mol. The zero-order chi connectivity index (χ0) is 13.3. The Kier molecular flexibility index (Phi) is 3.30. The summed E-state index contributed by atoms with van der Waals surface area (Å²) in [4.78, 5) is 12.2. The SMILES string of the molecule is CNc1ccccc1C(=O)NC1CC(O)C1(C)C. The van der Waals surface area contributed by atoms with E-state index in [4.69, 9.17) is 0 Å². The number of amides is 1. The minimum atomic E-state index is -0.331. The predicted molar refractivity (Wildman–Crippen MR) is 71.6 cm³/mol. The van der Waals surface area contributed by atoms with Crippen LogP contribution in [-0.4, -0.2) is 30.2 Å². The molecule has 1 amide bonds. The van der Waals surface area contributed by atoms with Crippen LogP contribution in [0.4, 0.5) is 5.69 Å². The summed E-state index contributed by atoms with van der Waals surface area (Å²) in [7, 11) is 1.79. The van der Waals surface area contributed by atoms with Gasteiger partial charge in [0.2, 0.25) is 0 Å². The molecule has 1 fully saturated rings. The average Bonchev–Trinajstić information content (AvgIpc) is 2.38. The fourth-order valence-electron chi connectivity index (χ4n) is 2.28. The van der Waals surface area contributed by atoms with Crippen molar-refractivity contribution in [1.29, 1.82) is 0 Å². The van der Waals surface area contributed by atoms with Gasteiger partial charge < -0.3 is 15.7 Å². The van der Waals surface area contributed by atoms with Crippen molar-refractivity contribution in [3.8, 4) is 0 Å². The van der Waals surface area contributed by atoms with Gasteiger partial charge in [0.15, 0.2) is 0 Å². The second kappa shape index (κ2) is 4.61. The van der Waals surface area contributed by atoms with Crippen molar-refractivity contribution in [2.24, 2.45) is 5.41 Å². The summed E-state index contributed by atoms with van der Waals surface area (Å²) in [6.07, 6.45) is 0.294. The molecule has 1 aromatic rings. The van der Waals surface area contributed by atoms with Crippen LogP contribution in [0, 0.1) is 5.41 Å². The molecule has 0 spiro atoms. The van der Waals surface area contributed by atoms with Crippen LogP contribution in [0.3, 0.4) is 0 Å². The Morgan fingerprint density at radius 3 is 2.61 bits per heavy atom.